The average molecular weight is 226 g/mol. The standard InChI is InChI=1S/C15H18N2/c1-11-4-3-9-17-15(11)8-6-13-5-7-14(16)10-12(13)2/h3-4,6,8-10H,5,7,16H2,1-2H3/b8-6-. The molecule has 2 nitrogen and oxygen atoms in total. The molecule has 1 aromatic heterocycles. The summed E-state index contributed by atoms with van der Waals surface area (Å²) in [6.45, 7) is 4.18. The molecule has 2 rings (SSSR count). The van der Waals surface area contributed by atoms with Gasteiger partial charge in [-0.2, -0.15) is 0 Å². The van der Waals surface area contributed by atoms with Gasteiger partial charge in [0.25, 0.3) is 0 Å². The first-order valence-corrected chi connectivity index (χ1v) is 5.92. The second kappa shape index (κ2) is 5.00. The molecule has 0 spiro atoms. The highest BCUT2D eigenvalue weighted by Gasteiger charge is 2.06. The normalized spacial score (nSPS) is 16.5. The summed E-state index contributed by atoms with van der Waals surface area (Å²) in [5, 5.41) is 0. The van der Waals surface area contributed by atoms with E-state index in [2.05, 4.69) is 43.1 Å². The third-order valence-corrected chi connectivity index (χ3v) is 3.08. The highest BCUT2D eigenvalue weighted by molar-refractivity contribution is 5.54. The van der Waals surface area contributed by atoms with Gasteiger partial charge in [0.2, 0.25) is 0 Å². The zero-order valence-corrected chi connectivity index (χ0v) is 10.4. The quantitative estimate of drug-likeness (QED) is 0.839. The molecule has 0 saturated carbocycles. The smallest absolute Gasteiger partial charge is 0.0658 e. The monoisotopic (exact) mass is 226 g/mol. The van der Waals surface area contributed by atoms with E-state index in [9.17, 15) is 0 Å². The van der Waals surface area contributed by atoms with E-state index in [1.165, 1.54) is 16.7 Å². The Morgan fingerprint density at radius 1 is 1.24 bits per heavy atom. The molecule has 0 radical (unpaired) electrons. The van der Waals surface area contributed by atoms with Gasteiger partial charge in [-0.05, 0) is 61.6 Å². The molecule has 88 valence electrons. The van der Waals surface area contributed by atoms with Gasteiger partial charge in [0, 0.05) is 11.9 Å². The van der Waals surface area contributed by atoms with Gasteiger partial charge in [0.15, 0.2) is 0 Å². The van der Waals surface area contributed by atoms with E-state index in [-0.39, 0.29) is 0 Å². The lowest BCUT2D eigenvalue weighted by molar-refractivity contribution is 0.896. The topological polar surface area (TPSA) is 38.9 Å². The Morgan fingerprint density at radius 3 is 2.76 bits per heavy atom. The summed E-state index contributed by atoms with van der Waals surface area (Å²) in [7, 11) is 0. The number of aryl methyl sites for hydroxylation is 1. The first kappa shape index (κ1) is 11.6. The van der Waals surface area contributed by atoms with E-state index in [1.807, 2.05) is 12.3 Å². The number of pyridine rings is 1. The van der Waals surface area contributed by atoms with Gasteiger partial charge in [-0.3, -0.25) is 4.98 Å². The Bertz CT molecular complexity index is 507. The second-order valence-electron chi connectivity index (χ2n) is 4.47. The van der Waals surface area contributed by atoms with Crippen LogP contribution in [0.3, 0.4) is 0 Å². The Hall–Kier alpha value is -1.83. The number of nitrogens with zero attached hydrogens (tertiary/aromatic N) is 1. The van der Waals surface area contributed by atoms with Gasteiger partial charge in [0.1, 0.15) is 0 Å². The Labute approximate surface area is 103 Å². The van der Waals surface area contributed by atoms with Crippen molar-refractivity contribution in [1.29, 1.82) is 0 Å². The van der Waals surface area contributed by atoms with Gasteiger partial charge in [-0.1, -0.05) is 12.1 Å². The Morgan fingerprint density at radius 2 is 2.06 bits per heavy atom. The van der Waals surface area contributed by atoms with Crippen LogP contribution in [0.4, 0.5) is 0 Å². The summed E-state index contributed by atoms with van der Waals surface area (Å²) in [4.78, 5) is 4.35. The molecular weight excluding hydrogens is 208 g/mol. The third-order valence-electron chi connectivity index (χ3n) is 3.08. The zero-order chi connectivity index (χ0) is 12.3. The van der Waals surface area contributed by atoms with Crippen LogP contribution in [-0.4, -0.2) is 4.98 Å². The molecule has 17 heavy (non-hydrogen) atoms. The molecule has 1 aliphatic carbocycles. The van der Waals surface area contributed by atoms with Gasteiger partial charge in [-0.25, -0.2) is 0 Å². The van der Waals surface area contributed by atoms with E-state index >= 15 is 0 Å². The van der Waals surface area contributed by atoms with Crippen LogP contribution in [0.5, 0.6) is 0 Å². The highest BCUT2D eigenvalue weighted by atomic mass is 14.7. The average Bonchev–Trinajstić information content (AvgIpc) is 2.30. The summed E-state index contributed by atoms with van der Waals surface area (Å²) in [6.07, 6.45) is 10.1. The minimum absolute atomic E-state index is 0.957. The summed E-state index contributed by atoms with van der Waals surface area (Å²) in [6, 6.07) is 4.04. The SMILES string of the molecule is CC1=C(/C=C\c2ncccc2C)CCC(N)=C1. The van der Waals surface area contributed by atoms with Crippen molar-refractivity contribution in [1.82, 2.24) is 4.98 Å². The lowest BCUT2D eigenvalue weighted by atomic mass is 9.96. The minimum Gasteiger partial charge on any atom is -0.402 e. The van der Waals surface area contributed by atoms with Crippen molar-refractivity contribution in [2.45, 2.75) is 26.7 Å². The fourth-order valence-corrected chi connectivity index (χ4v) is 1.99. The predicted molar refractivity (Wildman–Crippen MR) is 72.2 cm³/mol. The lowest BCUT2D eigenvalue weighted by Crippen LogP contribution is -2.03. The van der Waals surface area contributed by atoms with Crippen molar-refractivity contribution in [2.75, 3.05) is 0 Å². The number of nitrogens with two attached hydrogens (primary N) is 1. The van der Waals surface area contributed by atoms with E-state index < -0.39 is 0 Å². The summed E-state index contributed by atoms with van der Waals surface area (Å²) >= 11 is 0. The van der Waals surface area contributed by atoms with Crippen LogP contribution in [0.25, 0.3) is 6.08 Å². The van der Waals surface area contributed by atoms with Crippen molar-refractivity contribution in [3.8, 4) is 0 Å². The van der Waals surface area contributed by atoms with Crippen molar-refractivity contribution in [3.63, 3.8) is 0 Å². The van der Waals surface area contributed by atoms with Gasteiger partial charge in [0.05, 0.1) is 5.69 Å². The molecular formula is C15H18N2. The summed E-state index contributed by atoms with van der Waals surface area (Å²) < 4.78 is 0. The number of hydrogen-bond acceptors (Lipinski definition) is 2. The molecule has 0 aliphatic heterocycles. The zero-order valence-electron chi connectivity index (χ0n) is 10.4. The second-order valence-corrected chi connectivity index (χ2v) is 4.47. The van der Waals surface area contributed by atoms with Crippen molar-refractivity contribution in [3.05, 3.63) is 58.6 Å². The molecule has 0 unspecified atom stereocenters. The number of rotatable bonds is 2. The molecule has 0 bridgehead atoms. The molecule has 1 aliphatic rings. The molecule has 1 aromatic rings. The van der Waals surface area contributed by atoms with Crippen LogP contribution in [-0.2, 0) is 0 Å². The van der Waals surface area contributed by atoms with Crippen LogP contribution >= 0.6 is 0 Å². The van der Waals surface area contributed by atoms with Crippen molar-refractivity contribution >= 4 is 6.08 Å². The van der Waals surface area contributed by atoms with E-state index in [1.54, 1.807) is 0 Å². The number of aromatic nitrogens is 1. The first-order chi connectivity index (χ1) is 8.16. The molecule has 0 fully saturated rings. The molecule has 0 amide bonds. The third kappa shape index (κ3) is 2.84. The summed E-state index contributed by atoms with van der Waals surface area (Å²) in [5.41, 5.74) is 11.6. The maximum absolute atomic E-state index is 5.81. The molecule has 2 N–H and O–H groups in total. The Kier molecular flexibility index (Phi) is 3.43. The molecule has 1 heterocycles. The van der Waals surface area contributed by atoms with Crippen LogP contribution in [0.2, 0.25) is 0 Å². The summed E-state index contributed by atoms with van der Waals surface area (Å²) in [5.74, 6) is 0. The Balaban J connectivity index is 2.22. The van der Waals surface area contributed by atoms with Crippen LogP contribution in [0.1, 0.15) is 31.0 Å². The minimum atomic E-state index is 0.957. The highest BCUT2D eigenvalue weighted by Crippen LogP contribution is 2.23. The van der Waals surface area contributed by atoms with Gasteiger partial charge < -0.3 is 5.73 Å². The molecule has 0 aromatic carbocycles. The maximum Gasteiger partial charge on any atom is 0.0658 e. The predicted octanol–water partition coefficient (Wildman–Crippen LogP) is 3.36. The van der Waals surface area contributed by atoms with E-state index in [4.69, 9.17) is 5.73 Å². The molecule has 0 saturated heterocycles. The largest absolute Gasteiger partial charge is 0.402 e. The lowest BCUT2D eigenvalue weighted by Gasteiger charge is -2.12. The van der Waals surface area contributed by atoms with E-state index in [0.29, 0.717) is 0 Å². The molecule has 0 atom stereocenters. The van der Waals surface area contributed by atoms with Crippen LogP contribution < -0.4 is 5.73 Å². The van der Waals surface area contributed by atoms with Crippen molar-refractivity contribution in [2.24, 2.45) is 5.73 Å². The fourth-order valence-electron chi connectivity index (χ4n) is 1.99. The van der Waals surface area contributed by atoms with Crippen LogP contribution in [0.15, 0.2) is 47.3 Å². The van der Waals surface area contributed by atoms with E-state index in [0.717, 1.165) is 24.2 Å². The number of allylic oxidation sites excluding steroid dienone is 5. The molecule has 2 heteroatoms. The van der Waals surface area contributed by atoms with Gasteiger partial charge in [-0.15, -0.1) is 0 Å². The van der Waals surface area contributed by atoms with Crippen molar-refractivity contribution < 1.29 is 0 Å². The van der Waals surface area contributed by atoms with Crippen LogP contribution in [0, 0.1) is 6.92 Å². The van der Waals surface area contributed by atoms with Gasteiger partial charge >= 0.3 is 0 Å². The number of hydrogen-bond donors (Lipinski definition) is 1. The fraction of sp³-hybridized carbons (Fsp3) is 0.267. The first-order valence-electron chi connectivity index (χ1n) is 5.92. The maximum atomic E-state index is 5.81.